The lowest BCUT2D eigenvalue weighted by atomic mass is 10.00. The SMILES string of the molecule is CC1NCCCC1Nc1ncc(F)cc1F. The van der Waals surface area contributed by atoms with E-state index in [2.05, 4.69) is 15.6 Å². The molecule has 2 rings (SSSR count). The Balaban J connectivity index is 2.07. The molecule has 1 aromatic rings. The van der Waals surface area contributed by atoms with Crippen molar-refractivity contribution in [2.75, 3.05) is 11.9 Å². The van der Waals surface area contributed by atoms with Gasteiger partial charge in [0.15, 0.2) is 11.6 Å². The van der Waals surface area contributed by atoms with E-state index < -0.39 is 11.6 Å². The quantitative estimate of drug-likeness (QED) is 0.810. The molecule has 0 saturated carbocycles. The number of piperidine rings is 1. The molecule has 5 heteroatoms. The largest absolute Gasteiger partial charge is 0.363 e. The highest BCUT2D eigenvalue weighted by atomic mass is 19.1. The highest BCUT2D eigenvalue weighted by molar-refractivity contribution is 5.37. The van der Waals surface area contributed by atoms with Crippen molar-refractivity contribution in [3.05, 3.63) is 23.9 Å². The molecule has 1 saturated heterocycles. The fourth-order valence-corrected chi connectivity index (χ4v) is 1.94. The van der Waals surface area contributed by atoms with Crippen LogP contribution in [0.4, 0.5) is 14.6 Å². The van der Waals surface area contributed by atoms with Gasteiger partial charge in [0.1, 0.15) is 5.82 Å². The van der Waals surface area contributed by atoms with Crippen LogP contribution in [-0.2, 0) is 0 Å². The summed E-state index contributed by atoms with van der Waals surface area (Å²) >= 11 is 0. The molecule has 2 atom stereocenters. The monoisotopic (exact) mass is 227 g/mol. The molecule has 0 radical (unpaired) electrons. The minimum Gasteiger partial charge on any atom is -0.363 e. The first kappa shape index (κ1) is 11.3. The molecule has 1 aliphatic rings. The minimum absolute atomic E-state index is 0.127. The lowest BCUT2D eigenvalue weighted by Crippen LogP contribution is -2.46. The third-order valence-electron chi connectivity index (χ3n) is 2.89. The zero-order chi connectivity index (χ0) is 11.5. The number of halogens is 2. The van der Waals surface area contributed by atoms with E-state index in [9.17, 15) is 8.78 Å². The predicted octanol–water partition coefficient (Wildman–Crippen LogP) is 1.91. The second-order valence-corrected chi connectivity index (χ2v) is 4.12. The summed E-state index contributed by atoms with van der Waals surface area (Å²) < 4.78 is 26.0. The van der Waals surface area contributed by atoms with Gasteiger partial charge in [-0.2, -0.15) is 0 Å². The van der Waals surface area contributed by atoms with E-state index in [0.717, 1.165) is 31.6 Å². The number of hydrogen-bond donors (Lipinski definition) is 2. The fourth-order valence-electron chi connectivity index (χ4n) is 1.94. The van der Waals surface area contributed by atoms with E-state index >= 15 is 0 Å². The number of anilines is 1. The Kier molecular flexibility index (Phi) is 3.33. The third-order valence-corrected chi connectivity index (χ3v) is 2.89. The second kappa shape index (κ2) is 4.74. The second-order valence-electron chi connectivity index (χ2n) is 4.12. The standard InChI is InChI=1S/C11H15F2N3/c1-7-10(3-2-4-14-7)16-11-9(13)5-8(12)6-15-11/h5-7,10,14H,2-4H2,1H3,(H,15,16). The van der Waals surface area contributed by atoms with Crippen molar-refractivity contribution in [2.45, 2.75) is 31.8 Å². The Morgan fingerprint density at radius 2 is 2.31 bits per heavy atom. The summed E-state index contributed by atoms with van der Waals surface area (Å²) in [4.78, 5) is 3.72. The Labute approximate surface area is 93.3 Å². The number of aromatic nitrogens is 1. The van der Waals surface area contributed by atoms with Crippen LogP contribution in [0, 0.1) is 11.6 Å². The van der Waals surface area contributed by atoms with E-state index in [1.807, 2.05) is 6.92 Å². The molecule has 1 aliphatic heterocycles. The van der Waals surface area contributed by atoms with Crippen LogP contribution in [-0.4, -0.2) is 23.6 Å². The molecule has 0 spiro atoms. The minimum atomic E-state index is -0.655. The zero-order valence-electron chi connectivity index (χ0n) is 9.13. The van der Waals surface area contributed by atoms with Gasteiger partial charge in [-0.3, -0.25) is 0 Å². The average molecular weight is 227 g/mol. The molecule has 1 fully saturated rings. The van der Waals surface area contributed by atoms with Crippen LogP contribution in [0.3, 0.4) is 0 Å². The molecule has 0 aliphatic carbocycles. The van der Waals surface area contributed by atoms with Crippen molar-refractivity contribution in [2.24, 2.45) is 0 Å². The number of hydrogen-bond acceptors (Lipinski definition) is 3. The van der Waals surface area contributed by atoms with Gasteiger partial charge in [0.25, 0.3) is 0 Å². The maximum Gasteiger partial charge on any atom is 0.168 e. The lowest BCUT2D eigenvalue weighted by molar-refractivity contribution is 0.387. The van der Waals surface area contributed by atoms with Crippen LogP contribution in [0.15, 0.2) is 12.3 Å². The van der Waals surface area contributed by atoms with E-state index in [0.29, 0.717) is 0 Å². The summed E-state index contributed by atoms with van der Waals surface area (Å²) in [7, 11) is 0. The summed E-state index contributed by atoms with van der Waals surface area (Å²) in [5, 5.41) is 6.31. The van der Waals surface area contributed by atoms with Gasteiger partial charge in [0, 0.05) is 18.2 Å². The van der Waals surface area contributed by atoms with E-state index in [-0.39, 0.29) is 17.9 Å². The summed E-state index contributed by atoms with van der Waals surface area (Å²) in [6, 6.07) is 1.25. The summed E-state index contributed by atoms with van der Waals surface area (Å²) in [5.41, 5.74) is 0. The number of nitrogens with zero attached hydrogens (tertiary/aromatic N) is 1. The molecule has 16 heavy (non-hydrogen) atoms. The fraction of sp³-hybridized carbons (Fsp3) is 0.545. The van der Waals surface area contributed by atoms with Crippen molar-refractivity contribution in [1.29, 1.82) is 0 Å². The molecule has 2 N–H and O–H groups in total. The van der Waals surface area contributed by atoms with Crippen molar-refractivity contribution in [1.82, 2.24) is 10.3 Å². The Bertz CT molecular complexity index is 370. The smallest absolute Gasteiger partial charge is 0.168 e. The zero-order valence-corrected chi connectivity index (χ0v) is 9.13. The molecule has 1 aromatic heterocycles. The highest BCUT2D eigenvalue weighted by Gasteiger charge is 2.21. The van der Waals surface area contributed by atoms with Crippen molar-refractivity contribution in [3.63, 3.8) is 0 Å². The van der Waals surface area contributed by atoms with Gasteiger partial charge in [0.05, 0.1) is 6.20 Å². The van der Waals surface area contributed by atoms with Crippen LogP contribution >= 0.6 is 0 Å². The topological polar surface area (TPSA) is 37.0 Å². The molecule has 0 bridgehead atoms. The maximum absolute atomic E-state index is 13.3. The molecular formula is C11H15F2N3. The van der Waals surface area contributed by atoms with Crippen LogP contribution in [0.2, 0.25) is 0 Å². The summed E-state index contributed by atoms with van der Waals surface area (Å²) in [5.74, 6) is -1.17. The van der Waals surface area contributed by atoms with Crippen LogP contribution in [0.25, 0.3) is 0 Å². The van der Waals surface area contributed by atoms with Crippen molar-refractivity contribution >= 4 is 5.82 Å². The molecule has 0 amide bonds. The van der Waals surface area contributed by atoms with Gasteiger partial charge in [-0.1, -0.05) is 0 Å². The van der Waals surface area contributed by atoms with Gasteiger partial charge in [-0.05, 0) is 26.3 Å². The number of nitrogens with one attached hydrogen (secondary N) is 2. The predicted molar refractivity (Wildman–Crippen MR) is 58.3 cm³/mol. The maximum atomic E-state index is 13.3. The van der Waals surface area contributed by atoms with E-state index in [1.54, 1.807) is 0 Å². The average Bonchev–Trinajstić information content (AvgIpc) is 2.25. The van der Waals surface area contributed by atoms with E-state index in [4.69, 9.17) is 0 Å². The molecule has 2 unspecified atom stereocenters. The normalized spacial score (nSPS) is 25.4. The first-order chi connectivity index (χ1) is 7.66. The molecule has 2 heterocycles. The summed E-state index contributed by atoms with van der Waals surface area (Å²) in [6.07, 6.45) is 3.03. The molecule has 88 valence electrons. The Morgan fingerprint density at radius 3 is 3.00 bits per heavy atom. The van der Waals surface area contributed by atoms with Crippen LogP contribution < -0.4 is 10.6 Å². The molecular weight excluding hydrogens is 212 g/mol. The first-order valence-corrected chi connectivity index (χ1v) is 5.48. The third kappa shape index (κ3) is 2.47. The van der Waals surface area contributed by atoms with Gasteiger partial charge < -0.3 is 10.6 Å². The number of rotatable bonds is 2. The van der Waals surface area contributed by atoms with Crippen molar-refractivity contribution < 1.29 is 8.78 Å². The van der Waals surface area contributed by atoms with Gasteiger partial charge in [-0.15, -0.1) is 0 Å². The van der Waals surface area contributed by atoms with Gasteiger partial charge in [0.2, 0.25) is 0 Å². The van der Waals surface area contributed by atoms with Gasteiger partial charge in [-0.25, -0.2) is 13.8 Å². The molecule has 3 nitrogen and oxygen atoms in total. The lowest BCUT2D eigenvalue weighted by Gasteiger charge is -2.31. The molecule has 0 aromatic carbocycles. The Hall–Kier alpha value is -1.23. The Morgan fingerprint density at radius 1 is 1.50 bits per heavy atom. The van der Waals surface area contributed by atoms with Gasteiger partial charge >= 0.3 is 0 Å². The van der Waals surface area contributed by atoms with Crippen molar-refractivity contribution in [3.8, 4) is 0 Å². The number of pyridine rings is 1. The van der Waals surface area contributed by atoms with Crippen LogP contribution in [0.1, 0.15) is 19.8 Å². The van der Waals surface area contributed by atoms with Crippen LogP contribution in [0.5, 0.6) is 0 Å². The van der Waals surface area contributed by atoms with E-state index in [1.165, 1.54) is 0 Å². The first-order valence-electron chi connectivity index (χ1n) is 5.48. The highest BCUT2D eigenvalue weighted by Crippen LogP contribution is 2.17. The summed E-state index contributed by atoms with van der Waals surface area (Å²) in [6.45, 7) is 3.02.